The summed E-state index contributed by atoms with van der Waals surface area (Å²) < 4.78 is 7.01. The van der Waals surface area contributed by atoms with Crippen molar-refractivity contribution in [3.8, 4) is 17.1 Å². The first-order valence-electron chi connectivity index (χ1n) is 9.79. The Hall–Kier alpha value is -2.55. The second-order valence-corrected chi connectivity index (χ2v) is 8.46. The molecule has 1 heterocycles. The first-order chi connectivity index (χ1) is 14.0. The topological polar surface area (TPSA) is 98.1 Å². The zero-order chi connectivity index (χ0) is 20.8. The molecule has 0 spiro atoms. The van der Waals surface area contributed by atoms with Gasteiger partial charge < -0.3 is 14.6 Å². The molecule has 0 bridgehead atoms. The van der Waals surface area contributed by atoms with Crippen LogP contribution >= 0.6 is 11.8 Å². The van der Waals surface area contributed by atoms with Crippen molar-refractivity contribution >= 4 is 23.7 Å². The number of nitrogens with zero attached hydrogens (tertiary/aromatic N) is 3. The fraction of sp³-hybridized carbons (Fsp3) is 0.500. The minimum atomic E-state index is -0.487. The van der Waals surface area contributed by atoms with E-state index in [1.54, 1.807) is 14.0 Å². The molecule has 9 heteroatoms. The van der Waals surface area contributed by atoms with Crippen LogP contribution in [0.4, 0.5) is 4.79 Å². The van der Waals surface area contributed by atoms with E-state index in [4.69, 9.17) is 4.74 Å². The monoisotopic (exact) mass is 417 g/mol. The highest BCUT2D eigenvalue weighted by Crippen LogP contribution is 2.26. The normalized spacial score (nSPS) is 15.6. The molecular formula is C20H27N5O3S. The number of nitrogens with one attached hydrogen (secondary N) is 2. The van der Waals surface area contributed by atoms with E-state index in [9.17, 15) is 9.59 Å². The van der Waals surface area contributed by atoms with E-state index >= 15 is 0 Å². The molecule has 2 N–H and O–H groups in total. The first kappa shape index (κ1) is 21.2. The van der Waals surface area contributed by atoms with E-state index in [0.717, 1.165) is 37.0 Å². The van der Waals surface area contributed by atoms with E-state index in [1.807, 2.05) is 35.9 Å². The minimum Gasteiger partial charge on any atom is -0.497 e. The van der Waals surface area contributed by atoms with Gasteiger partial charge in [0.15, 0.2) is 11.0 Å². The molecule has 1 aliphatic rings. The number of carbonyl (C=O) groups is 2. The Labute approximate surface area is 174 Å². The van der Waals surface area contributed by atoms with Gasteiger partial charge in [0, 0.05) is 18.7 Å². The Bertz CT molecular complexity index is 846. The predicted molar refractivity (Wildman–Crippen MR) is 112 cm³/mol. The summed E-state index contributed by atoms with van der Waals surface area (Å²) in [7, 11) is 3.47. The Balaban J connectivity index is 1.56. The Morgan fingerprint density at radius 3 is 2.52 bits per heavy atom. The highest BCUT2D eigenvalue weighted by molar-refractivity contribution is 8.00. The molecule has 0 saturated heterocycles. The van der Waals surface area contributed by atoms with Crippen molar-refractivity contribution < 1.29 is 14.3 Å². The van der Waals surface area contributed by atoms with Crippen LogP contribution in [0.3, 0.4) is 0 Å². The number of ether oxygens (including phenoxy) is 1. The number of hydrogen-bond donors (Lipinski definition) is 2. The van der Waals surface area contributed by atoms with Crippen LogP contribution in [0.2, 0.25) is 0 Å². The maximum atomic E-state index is 12.4. The number of methoxy groups -OCH3 is 1. The summed E-state index contributed by atoms with van der Waals surface area (Å²) in [5.74, 6) is 1.11. The quantitative estimate of drug-likeness (QED) is 0.701. The highest BCUT2D eigenvalue weighted by atomic mass is 32.2. The number of aromatic nitrogens is 3. The first-order valence-corrected chi connectivity index (χ1v) is 10.7. The van der Waals surface area contributed by atoms with Gasteiger partial charge in [-0.1, -0.05) is 31.0 Å². The molecule has 3 amide bonds. The number of benzene rings is 1. The Morgan fingerprint density at radius 1 is 1.17 bits per heavy atom. The summed E-state index contributed by atoms with van der Waals surface area (Å²) in [6.07, 6.45) is 5.39. The van der Waals surface area contributed by atoms with Crippen LogP contribution in [0.5, 0.6) is 5.75 Å². The zero-order valence-corrected chi connectivity index (χ0v) is 17.8. The molecule has 2 aromatic rings. The number of urea groups is 1. The van der Waals surface area contributed by atoms with Gasteiger partial charge in [0.05, 0.1) is 12.4 Å². The molecule has 156 valence electrons. The van der Waals surface area contributed by atoms with Gasteiger partial charge in [0.2, 0.25) is 5.91 Å². The lowest BCUT2D eigenvalue weighted by Gasteiger charge is -2.23. The summed E-state index contributed by atoms with van der Waals surface area (Å²) >= 11 is 1.26. The number of amides is 3. The average molecular weight is 418 g/mol. The molecule has 0 aliphatic heterocycles. The van der Waals surface area contributed by atoms with Gasteiger partial charge in [-0.3, -0.25) is 10.1 Å². The van der Waals surface area contributed by atoms with Crippen LogP contribution < -0.4 is 15.4 Å². The Morgan fingerprint density at radius 2 is 1.86 bits per heavy atom. The van der Waals surface area contributed by atoms with Crippen LogP contribution in [0.25, 0.3) is 11.4 Å². The SMILES string of the molecule is COc1ccc(-c2nnc(S[C@@H](C)C(=O)NC(=O)NC3CCCCC3)n2C)cc1. The average Bonchev–Trinajstić information content (AvgIpc) is 3.08. The van der Waals surface area contributed by atoms with E-state index < -0.39 is 11.3 Å². The van der Waals surface area contributed by atoms with Crippen molar-refractivity contribution in [2.24, 2.45) is 7.05 Å². The van der Waals surface area contributed by atoms with E-state index in [0.29, 0.717) is 11.0 Å². The largest absolute Gasteiger partial charge is 0.497 e. The van der Waals surface area contributed by atoms with Gasteiger partial charge in [-0.15, -0.1) is 10.2 Å². The zero-order valence-electron chi connectivity index (χ0n) is 17.0. The highest BCUT2D eigenvalue weighted by Gasteiger charge is 2.22. The molecule has 0 unspecified atom stereocenters. The number of hydrogen-bond acceptors (Lipinski definition) is 6. The van der Waals surface area contributed by atoms with Crippen LogP contribution in [-0.4, -0.2) is 45.1 Å². The fourth-order valence-corrected chi connectivity index (χ4v) is 4.12. The van der Waals surface area contributed by atoms with Crippen LogP contribution in [0.1, 0.15) is 39.0 Å². The molecule has 1 aliphatic carbocycles. The molecule has 1 aromatic heterocycles. The summed E-state index contributed by atoms with van der Waals surface area (Å²) in [6, 6.07) is 7.26. The van der Waals surface area contributed by atoms with Crippen molar-refractivity contribution in [3.63, 3.8) is 0 Å². The maximum Gasteiger partial charge on any atom is 0.321 e. The molecule has 29 heavy (non-hydrogen) atoms. The molecule has 0 radical (unpaired) electrons. The van der Waals surface area contributed by atoms with E-state index in [1.165, 1.54) is 18.2 Å². The lowest BCUT2D eigenvalue weighted by Crippen LogP contribution is -2.47. The third kappa shape index (κ3) is 5.50. The summed E-state index contributed by atoms with van der Waals surface area (Å²) in [5, 5.41) is 13.9. The third-order valence-electron chi connectivity index (χ3n) is 5.01. The van der Waals surface area contributed by atoms with E-state index in [-0.39, 0.29) is 11.9 Å². The predicted octanol–water partition coefficient (Wildman–Crippen LogP) is 3.13. The van der Waals surface area contributed by atoms with Crippen molar-refractivity contribution in [3.05, 3.63) is 24.3 Å². The standard InChI is InChI=1S/C20H27N5O3S/c1-13(18(26)22-19(27)21-15-7-5-4-6-8-15)29-20-24-23-17(25(20)2)14-9-11-16(28-3)12-10-14/h9-13,15H,4-8H2,1-3H3,(H2,21,22,26,27)/t13-/m0/s1. The second kappa shape index (κ2) is 9.78. The van der Waals surface area contributed by atoms with Gasteiger partial charge in [0.1, 0.15) is 5.75 Å². The van der Waals surface area contributed by atoms with Crippen LogP contribution in [0, 0.1) is 0 Å². The molecular weight excluding hydrogens is 390 g/mol. The minimum absolute atomic E-state index is 0.158. The smallest absolute Gasteiger partial charge is 0.321 e. The van der Waals surface area contributed by atoms with Crippen molar-refractivity contribution in [2.75, 3.05) is 7.11 Å². The van der Waals surface area contributed by atoms with Crippen molar-refractivity contribution in [2.45, 2.75) is 55.5 Å². The summed E-state index contributed by atoms with van der Waals surface area (Å²) in [6.45, 7) is 1.75. The molecule has 1 atom stereocenters. The molecule has 1 saturated carbocycles. The lowest BCUT2D eigenvalue weighted by atomic mass is 9.96. The molecule has 8 nitrogen and oxygen atoms in total. The maximum absolute atomic E-state index is 12.4. The molecule has 1 aromatic carbocycles. The lowest BCUT2D eigenvalue weighted by molar-refractivity contribution is -0.119. The number of imide groups is 1. The number of carbonyl (C=O) groups excluding carboxylic acids is 2. The Kier molecular flexibility index (Phi) is 7.13. The van der Waals surface area contributed by atoms with Gasteiger partial charge >= 0.3 is 6.03 Å². The van der Waals surface area contributed by atoms with E-state index in [2.05, 4.69) is 20.8 Å². The number of thioether (sulfide) groups is 1. The van der Waals surface area contributed by atoms with Gasteiger partial charge in [-0.2, -0.15) is 0 Å². The third-order valence-corrected chi connectivity index (χ3v) is 6.15. The van der Waals surface area contributed by atoms with Crippen molar-refractivity contribution in [1.29, 1.82) is 0 Å². The van der Waals surface area contributed by atoms with Crippen LogP contribution in [0.15, 0.2) is 29.4 Å². The number of rotatable bonds is 6. The van der Waals surface area contributed by atoms with Crippen molar-refractivity contribution in [1.82, 2.24) is 25.4 Å². The molecule has 3 rings (SSSR count). The van der Waals surface area contributed by atoms with Gasteiger partial charge in [-0.05, 0) is 44.0 Å². The molecule has 1 fully saturated rings. The summed E-state index contributed by atoms with van der Waals surface area (Å²) in [5.41, 5.74) is 0.900. The fourth-order valence-electron chi connectivity index (χ4n) is 3.30. The van der Waals surface area contributed by atoms with Gasteiger partial charge in [0.25, 0.3) is 0 Å². The van der Waals surface area contributed by atoms with Crippen LogP contribution in [-0.2, 0) is 11.8 Å². The summed E-state index contributed by atoms with van der Waals surface area (Å²) in [4.78, 5) is 24.5. The van der Waals surface area contributed by atoms with Gasteiger partial charge in [-0.25, -0.2) is 4.79 Å². The second-order valence-electron chi connectivity index (χ2n) is 7.15.